The lowest BCUT2D eigenvalue weighted by Gasteiger charge is -2.14. The predicted octanol–water partition coefficient (Wildman–Crippen LogP) is 12.4. The molecular weight excluding hydrogens is 688 g/mol. The summed E-state index contributed by atoms with van der Waals surface area (Å²) in [7, 11) is 0. The van der Waals surface area contributed by atoms with Crippen molar-refractivity contribution in [2.75, 3.05) is 0 Å². The number of hydrogen-bond acceptors (Lipinski definition) is 2. The molecule has 0 amide bonds. The Kier molecular flexibility index (Phi) is 6.93. The molecule has 0 fully saturated rings. The maximum absolute atomic E-state index is 5.35. The third kappa shape index (κ3) is 4.97. The van der Waals surface area contributed by atoms with Crippen molar-refractivity contribution in [1.82, 2.24) is 19.1 Å². The van der Waals surface area contributed by atoms with Gasteiger partial charge in [-0.1, -0.05) is 143 Å². The van der Waals surface area contributed by atoms with Gasteiger partial charge in [0.2, 0.25) is 5.95 Å². The van der Waals surface area contributed by atoms with Crippen molar-refractivity contribution in [3.63, 3.8) is 0 Å². The lowest BCUT2D eigenvalue weighted by Crippen LogP contribution is -2.04. The second kappa shape index (κ2) is 11.9. The molecule has 0 atom stereocenters. The van der Waals surface area contributed by atoms with E-state index in [1.807, 2.05) is 6.07 Å². The summed E-state index contributed by atoms with van der Waals surface area (Å²) in [5.41, 5.74) is 11.6. The Bertz CT molecular complexity index is 2810. The molecule has 0 aliphatic heterocycles. The van der Waals surface area contributed by atoms with Crippen LogP contribution in [0.1, 0.15) is 0 Å². The van der Waals surface area contributed by atoms with Crippen molar-refractivity contribution in [2.24, 2.45) is 0 Å². The molecule has 4 nitrogen and oxygen atoms in total. The van der Waals surface area contributed by atoms with Gasteiger partial charge in [-0.05, 0) is 59.7 Å². The van der Waals surface area contributed by atoms with Crippen LogP contribution in [0.3, 0.4) is 0 Å². The molecule has 240 valence electrons. The summed E-state index contributed by atoms with van der Waals surface area (Å²) in [6, 6.07) is 62.0. The number of halogens is 1. The largest absolute Gasteiger partial charge is 0.309 e. The maximum atomic E-state index is 5.35. The van der Waals surface area contributed by atoms with Crippen molar-refractivity contribution in [2.45, 2.75) is 0 Å². The van der Waals surface area contributed by atoms with E-state index < -0.39 is 0 Å². The Morgan fingerprint density at radius 1 is 0.353 bits per heavy atom. The number of rotatable bonds is 5. The van der Waals surface area contributed by atoms with Gasteiger partial charge in [0.15, 0.2) is 0 Å². The normalized spacial score (nSPS) is 11.6. The summed E-state index contributed by atoms with van der Waals surface area (Å²) in [5, 5.41) is 4.80. The number of hydrogen-bond donors (Lipinski definition) is 0. The minimum absolute atomic E-state index is 0.630. The molecule has 51 heavy (non-hydrogen) atoms. The van der Waals surface area contributed by atoms with Crippen LogP contribution in [0.15, 0.2) is 180 Å². The average molecular weight is 718 g/mol. The minimum atomic E-state index is 0.630. The van der Waals surface area contributed by atoms with E-state index in [1.165, 1.54) is 32.7 Å². The summed E-state index contributed by atoms with van der Waals surface area (Å²) >= 11 is 3.88. The number of aromatic nitrogens is 4. The van der Waals surface area contributed by atoms with Crippen molar-refractivity contribution in [3.8, 4) is 45.3 Å². The van der Waals surface area contributed by atoms with E-state index in [0.29, 0.717) is 5.95 Å². The summed E-state index contributed by atoms with van der Waals surface area (Å²) < 4.78 is 5.52. The van der Waals surface area contributed by atoms with E-state index >= 15 is 0 Å². The van der Waals surface area contributed by atoms with Crippen molar-refractivity contribution in [1.29, 1.82) is 0 Å². The van der Waals surface area contributed by atoms with Crippen LogP contribution < -0.4 is 0 Å². The van der Waals surface area contributed by atoms with Crippen LogP contribution in [-0.4, -0.2) is 19.1 Å². The maximum Gasteiger partial charge on any atom is 0.235 e. The fourth-order valence-electron chi connectivity index (χ4n) is 7.48. The van der Waals surface area contributed by atoms with Gasteiger partial charge in [-0.3, -0.25) is 4.57 Å². The van der Waals surface area contributed by atoms with Crippen LogP contribution in [-0.2, 0) is 0 Å². The van der Waals surface area contributed by atoms with Gasteiger partial charge in [0.05, 0.1) is 33.5 Å². The molecule has 0 N–H and O–H groups in total. The highest BCUT2D eigenvalue weighted by atomic mass is 79.9. The Hall–Kier alpha value is -6.30. The average Bonchev–Trinajstić information content (AvgIpc) is 3.71. The van der Waals surface area contributed by atoms with Gasteiger partial charge >= 0.3 is 0 Å². The van der Waals surface area contributed by atoms with Crippen molar-refractivity contribution < 1.29 is 0 Å². The second-order valence-electron chi connectivity index (χ2n) is 12.8. The van der Waals surface area contributed by atoms with Gasteiger partial charge < -0.3 is 4.57 Å². The number of fused-ring (bicyclic) bond motifs is 6. The molecular formula is C46H29BrN4. The zero-order valence-electron chi connectivity index (χ0n) is 27.4. The predicted molar refractivity (Wildman–Crippen MR) is 215 cm³/mol. The lowest BCUT2D eigenvalue weighted by molar-refractivity contribution is 0.995. The smallest absolute Gasteiger partial charge is 0.235 e. The quantitative estimate of drug-likeness (QED) is 0.178. The van der Waals surface area contributed by atoms with Gasteiger partial charge in [0.25, 0.3) is 0 Å². The second-order valence-corrected chi connectivity index (χ2v) is 13.7. The van der Waals surface area contributed by atoms with Crippen LogP contribution in [0.5, 0.6) is 0 Å². The lowest BCUT2D eigenvalue weighted by atomic mass is 10.0. The van der Waals surface area contributed by atoms with E-state index in [1.54, 1.807) is 0 Å². The highest BCUT2D eigenvalue weighted by molar-refractivity contribution is 9.10. The first kappa shape index (κ1) is 29.6. The Balaban J connectivity index is 1.21. The summed E-state index contributed by atoms with van der Waals surface area (Å²) in [6.07, 6.45) is 0. The monoisotopic (exact) mass is 716 g/mol. The molecule has 10 rings (SSSR count). The van der Waals surface area contributed by atoms with Crippen LogP contribution in [0.25, 0.3) is 88.9 Å². The zero-order valence-corrected chi connectivity index (χ0v) is 29.0. The summed E-state index contributed by atoms with van der Waals surface area (Å²) in [4.78, 5) is 10.6. The molecule has 3 aromatic heterocycles. The highest BCUT2D eigenvalue weighted by Gasteiger charge is 2.18. The first-order valence-electron chi connectivity index (χ1n) is 17.0. The third-order valence-electron chi connectivity index (χ3n) is 9.80. The van der Waals surface area contributed by atoms with Gasteiger partial charge in [-0.2, -0.15) is 0 Å². The molecule has 0 saturated carbocycles. The molecule has 10 aromatic rings. The van der Waals surface area contributed by atoms with Crippen LogP contribution in [0.4, 0.5) is 0 Å². The van der Waals surface area contributed by atoms with Gasteiger partial charge in [0.1, 0.15) is 0 Å². The van der Waals surface area contributed by atoms with Gasteiger partial charge in [0, 0.05) is 42.8 Å². The molecule has 3 heterocycles. The van der Waals surface area contributed by atoms with E-state index in [9.17, 15) is 0 Å². The molecule has 0 saturated heterocycles. The molecule has 0 radical (unpaired) electrons. The summed E-state index contributed by atoms with van der Waals surface area (Å²) in [6.45, 7) is 0. The van der Waals surface area contributed by atoms with Crippen LogP contribution >= 0.6 is 15.9 Å². The first-order chi connectivity index (χ1) is 25.2. The molecule has 7 aromatic carbocycles. The van der Waals surface area contributed by atoms with E-state index in [4.69, 9.17) is 9.97 Å². The topological polar surface area (TPSA) is 35.6 Å². The molecule has 0 spiro atoms. The van der Waals surface area contributed by atoms with Crippen LogP contribution in [0, 0.1) is 0 Å². The van der Waals surface area contributed by atoms with E-state index in [0.717, 1.165) is 54.7 Å². The third-order valence-corrected chi connectivity index (χ3v) is 10.3. The zero-order chi connectivity index (χ0) is 33.9. The standard InChI is InChI=1S/C46H29BrN4/c47-34-26-33(27-35(28-34)50-42-18-8-4-14-36(42)37-15-5-9-19-43(37)50)41-29-40(32-24-22-31(23-25-32)30-12-2-1-3-13-30)48-46(49-41)51-44-20-10-6-16-38(44)39-17-7-11-21-45(39)51/h1-29H. The first-order valence-corrected chi connectivity index (χ1v) is 17.8. The SMILES string of the molecule is Brc1cc(-c2cc(-c3ccc(-c4ccccc4)cc3)nc(-n3c4ccccc4c4ccccc43)n2)cc(-n2c3ccccc3c3ccccc32)c1. The van der Waals surface area contributed by atoms with Crippen molar-refractivity contribution in [3.05, 3.63) is 180 Å². The number of benzene rings is 7. The number of para-hydroxylation sites is 4. The molecule has 5 heteroatoms. The van der Waals surface area contributed by atoms with Gasteiger partial charge in [-0.15, -0.1) is 0 Å². The van der Waals surface area contributed by atoms with E-state index in [2.05, 4.69) is 195 Å². The molecule has 0 aliphatic carbocycles. The summed E-state index contributed by atoms with van der Waals surface area (Å²) in [5.74, 6) is 0.630. The van der Waals surface area contributed by atoms with Gasteiger partial charge in [-0.25, -0.2) is 9.97 Å². The fourth-order valence-corrected chi connectivity index (χ4v) is 7.97. The molecule has 0 unspecified atom stereocenters. The van der Waals surface area contributed by atoms with Crippen molar-refractivity contribution >= 4 is 59.5 Å². The Morgan fingerprint density at radius 3 is 1.33 bits per heavy atom. The Morgan fingerprint density at radius 2 is 0.784 bits per heavy atom. The number of nitrogens with zero attached hydrogens (tertiary/aromatic N) is 4. The van der Waals surface area contributed by atoms with Crippen LogP contribution in [0.2, 0.25) is 0 Å². The van der Waals surface area contributed by atoms with E-state index in [-0.39, 0.29) is 0 Å². The fraction of sp³-hybridized carbons (Fsp3) is 0. The highest BCUT2D eigenvalue weighted by Crippen LogP contribution is 2.37. The Labute approximate surface area is 303 Å². The minimum Gasteiger partial charge on any atom is -0.309 e. The molecule has 0 aliphatic rings. The molecule has 0 bridgehead atoms.